The number of carbonyl (C=O) groups is 2. The van der Waals surface area contributed by atoms with Gasteiger partial charge in [0.1, 0.15) is 23.4 Å². The third-order valence-corrected chi connectivity index (χ3v) is 9.00. The Balaban J connectivity index is 1.26. The highest BCUT2D eigenvalue weighted by Gasteiger charge is 2.37. The summed E-state index contributed by atoms with van der Waals surface area (Å²) in [6.45, 7) is 7.48. The van der Waals surface area contributed by atoms with Crippen LogP contribution in [0.2, 0.25) is 0 Å². The van der Waals surface area contributed by atoms with Gasteiger partial charge in [-0.15, -0.1) is 0 Å². The standard InChI is InChI=1S/C38H41N7O3/c1-24(2)34(44-38(47)48-4)37(46)45-19-11-17-33(45)36-41-23-32(43-36)27-20-25(3)29(30(21-27)26-12-6-5-7-13-26)15-9-8-14-28-22-40-35(42-28)31-16-10-18-39-31/h5-7,12-13,20-24,31,33-34,39H,10-11,16-19H2,1-4H3,(H,40,42)(H,41,43)(H,44,47)/t31?,33?,34-/m0/s1. The lowest BCUT2D eigenvalue weighted by Crippen LogP contribution is -2.51. The van der Waals surface area contributed by atoms with Crippen LogP contribution in [-0.2, 0) is 9.53 Å². The zero-order valence-corrected chi connectivity index (χ0v) is 27.8. The minimum absolute atomic E-state index is 0.102. The number of imidazole rings is 2. The molecule has 0 spiro atoms. The van der Waals surface area contributed by atoms with Crippen LogP contribution in [0.5, 0.6) is 0 Å². The summed E-state index contributed by atoms with van der Waals surface area (Å²) in [4.78, 5) is 43.4. The summed E-state index contributed by atoms with van der Waals surface area (Å²) in [5, 5.41) is 6.16. The smallest absolute Gasteiger partial charge is 0.407 e. The maximum atomic E-state index is 13.6. The van der Waals surface area contributed by atoms with Gasteiger partial charge in [0.15, 0.2) is 0 Å². The second kappa shape index (κ2) is 14.6. The normalized spacial score (nSPS) is 17.7. The van der Waals surface area contributed by atoms with E-state index in [1.807, 2.05) is 43.1 Å². The van der Waals surface area contributed by atoms with E-state index in [1.165, 1.54) is 7.11 Å². The lowest BCUT2D eigenvalue weighted by Gasteiger charge is -2.30. The van der Waals surface area contributed by atoms with Crippen molar-refractivity contribution in [3.8, 4) is 46.1 Å². The number of methoxy groups -OCH3 is 1. The van der Waals surface area contributed by atoms with Gasteiger partial charge in [-0.2, -0.15) is 0 Å². The molecular formula is C38H41N7O3. The third-order valence-electron chi connectivity index (χ3n) is 9.00. The van der Waals surface area contributed by atoms with Crippen LogP contribution in [0.15, 0.2) is 54.9 Å². The second-order valence-corrected chi connectivity index (χ2v) is 12.6. The van der Waals surface area contributed by atoms with Crippen LogP contribution < -0.4 is 10.6 Å². The van der Waals surface area contributed by atoms with E-state index in [1.54, 1.807) is 6.20 Å². The zero-order valence-electron chi connectivity index (χ0n) is 27.8. The maximum Gasteiger partial charge on any atom is 0.407 e. The predicted octanol–water partition coefficient (Wildman–Crippen LogP) is 5.65. The highest BCUT2D eigenvalue weighted by atomic mass is 16.5. The Hall–Kier alpha value is -5.32. The quantitative estimate of drug-likeness (QED) is 0.193. The molecule has 0 aliphatic carbocycles. The van der Waals surface area contributed by atoms with E-state index >= 15 is 0 Å². The number of rotatable bonds is 7. The number of alkyl carbamates (subject to hydrolysis) is 1. The van der Waals surface area contributed by atoms with Crippen molar-refractivity contribution in [1.29, 1.82) is 0 Å². The molecule has 3 atom stereocenters. The van der Waals surface area contributed by atoms with Crippen LogP contribution in [-0.4, -0.2) is 63.1 Å². The number of aromatic amines is 2. The first-order chi connectivity index (χ1) is 23.3. The molecule has 48 heavy (non-hydrogen) atoms. The van der Waals surface area contributed by atoms with Gasteiger partial charge < -0.3 is 30.2 Å². The van der Waals surface area contributed by atoms with Crippen LogP contribution in [0.4, 0.5) is 4.79 Å². The van der Waals surface area contributed by atoms with Gasteiger partial charge in [0, 0.05) is 17.7 Å². The van der Waals surface area contributed by atoms with Crippen molar-refractivity contribution in [1.82, 2.24) is 35.5 Å². The fourth-order valence-electron chi connectivity index (χ4n) is 6.49. The van der Waals surface area contributed by atoms with Gasteiger partial charge in [-0.05, 0) is 91.7 Å². The molecule has 2 saturated heterocycles. The molecule has 10 nitrogen and oxygen atoms in total. The molecule has 0 saturated carbocycles. The minimum atomic E-state index is -0.687. The van der Waals surface area contributed by atoms with Crippen LogP contribution in [0, 0.1) is 36.5 Å². The third kappa shape index (κ3) is 7.15. The number of nitrogens with one attached hydrogen (secondary N) is 4. The Bertz CT molecular complexity index is 1900. The summed E-state index contributed by atoms with van der Waals surface area (Å²) >= 11 is 0. The Morgan fingerprint density at radius 2 is 1.77 bits per heavy atom. The molecular weight excluding hydrogens is 602 g/mol. The summed E-state index contributed by atoms with van der Waals surface area (Å²) < 4.78 is 4.77. The van der Waals surface area contributed by atoms with Crippen molar-refractivity contribution < 1.29 is 14.3 Å². The van der Waals surface area contributed by atoms with Gasteiger partial charge in [-0.25, -0.2) is 14.8 Å². The Kier molecular flexibility index (Phi) is 9.94. The summed E-state index contributed by atoms with van der Waals surface area (Å²) in [5.74, 6) is 13.9. The molecule has 2 amide bonds. The topological polar surface area (TPSA) is 128 Å². The molecule has 246 valence electrons. The lowest BCUT2D eigenvalue weighted by atomic mass is 9.93. The van der Waals surface area contributed by atoms with Crippen molar-refractivity contribution in [3.63, 3.8) is 0 Å². The number of carbonyl (C=O) groups excluding carboxylic acids is 2. The first-order valence-corrected chi connectivity index (χ1v) is 16.5. The van der Waals surface area contributed by atoms with E-state index in [0.717, 1.165) is 83.1 Å². The molecule has 2 aliphatic rings. The van der Waals surface area contributed by atoms with Crippen LogP contribution >= 0.6 is 0 Å². The number of likely N-dealkylation sites (tertiary alicyclic amines) is 1. The summed E-state index contributed by atoms with van der Waals surface area (Å²) in [6, 6.07) is 13.8. The first-order valence-electron chi connectivity index (χ1n) is 16.5. The van der Waals surface area contributed by atoms with Gasteiger partial charge in [0.05, 0.1) is 37.3 Å². The molecule has 0 bridgehead atoms. The molecule has 2 aromatic heterocycles. The zero-order chi connectivity index (χ0) is 33.6. The molecule has 2 aromatic carbocycles. The van der Waals surface area contributed by atoms with Crippen molar-refractivity contribution in [2.45, 2.75) is 64.6 Å². The van der Waals surface area contributed by atoms with Crippen molar-refractivity contribution >= 4 is 12.0 Å². The van der Waals surface area contributed by atoms with E-state index in [2.05, 4.69) is 80.5 Å². The molecule has 0 radical (unpaired) electrons. The number of aryl methyl sites for hydroxylation is 1. The van der Waals surface area contributed by atoms with Crippen molar-refractivity contribution in [2.75, 3.05) is 20.2 Å². The monoisotopic (exact) mass is 643 g/mol. The first kappa shape index (κ1) is 32.6. The highest BCUT2D eigenvalue weighted by Crippen LogP contribution is 2.35. The lowest BCUT2D eigenvalue weighted by molar-refractivity contribution is -0.135. The number of hydrogen-bond acceptors (Lipinski definition) is 6. The Morgan fingerprint density at radius 1 is 0.979 bits per heavy atom. The molecule has 4 N–H and O–H groups in total. The van der Waals surface area contributed by atoms with Gasteiger partial charge in [-0.1, -0.05) is 50.1 Å². The van der Waals surface area contributed by atoms with Crippen molar-refractivity contribution in [3.05, 3.63) is 83.3 Å². The number of benzene rings is 2. The maximum absolute atomic E-state index is 13.6. The summed E-state index contributed by atoms with van der Waals surface area (Å²) in [6.07, 6.45) is 6.82. The number of H-pyrrole nitrogens is 2. The Labute approximate surface area is 281 Å². The minimum Gasteiger partial charge on any atom is -0.453 e. The molecule has 2 unspecified atom stereocenters. The molecule has 10 heteroatoms. The number of amides is 2. The van der Waals surface area contributed by atoms with Gasteiger partial charge in [0.2, 0.25) is 5.91 Å². The number of hydrogen-bond donors (Lipinski definition) is 4. The SMILES string of the molecule is COC(=O)N[C@H](C(=O)N1CCCC1c1ncc(-c2cc(C)c(C#CC#Cc3cnc(C4CCCN4)[nH]3)c(-c3ccccc3)c2)[nH]1)C(C)C. The Morgan fingerprint density at radius 3 is 2.52 bits per heavy atom. The van der Waals surface area contributed by atoms with Crippen molar-refractivity contribution in [2.24, 2.45) is 5.92 Å². The van der Waals surface area contributed by atoms with E-state index in [4.69, 9.17) is 9.72 Å². The fraction of sp³-hybridized carbons (Fsp3) is 0.368. The molecule has 4 heterocycles. The number of nitrogens with zero attached hydrogens (tertiary/aromatic N) is 3. The van der Waals surface area contributed by atoms with Gasteiger partial charge >= 0.3 is 6.09 Å². The van der Waals surface area contributed by atoms with Gasteiger partial charge in [0.25, 0.3) is 0 Å². The van der Waals surface area contributed by atoms with Gasteiger partial charge in [-0.3, -0.25) is 4.79 Å². The average Bonchev–Trinajstić information content (AvgIpc) is 3.93. The van der Waals surface area contributed by atoms with E-state index in [-0.39, 0.29) is 23.9 Å². The van der Waals surface area contributed by atoms with Crippen LogP contribution in [0.25, 0.3) is 22.4 Å². The average molecular weight is 644 g/mol. The van der Waals surface area contributed by atoms with E-state index in [9.17, 15) is 9.59 Å². The summed E-state index contributed by atoms with van der Waals surface area (Å²) in [7, 11) is 1.30. The highest BCUT2D eigenvalue weighted by molar-refractivity contribution is 5.86. The van der Waals surface area contributed by atoms with E-state index in [0.29, 0.717) is 6.54 Å². The van der Waals surface area contributed by atoms with Crippen LogP contribution in [0.3, 0.4) is 0 Å². The summed E-state index contributed by atoms with van der Waals surface area (Å²) in [5.41, 5.74) is 6.54. The molecule has 4 aromatic rings. The van der Waals surface area contributed by atoms with Crippen LogP contribution in [0.1, 0.15) is 80.1 Å². The number of aromatic nitrogens is 4. The number of ether oxygens (including phenoxy) is 1. The van der Waals surface area contributed by atoms with E-state index < -0.39 is 12.1 Å². The molecule has 2 fully saturated rings. The predicted molar refractivity (Wildman–Crippen MR) is 184 cm³/mol. The molecule has 2 aliphatic heterocycles. The second-order valence-electron chi connectivity index (χ2n) is 12.6. The fourth-order valence-corrected chi connectivity index (χ4v) is 6.49. The molecule has 6 rings (SSSR count). The largest absolute Gasteiger partial charge is 0.453 e.